The lowest BCUT2D eigenvalue weighted by Gasteiger charge is -2.36. The van der Waals surface area contributed by atoms with Gasteiger partial charge < -0.3 is 14.5 Å². The molecule has 1 atom stereocenters. The number of hydrogen-bond donors (Lipinski definition) is 0. The van der Waals surface area contributed by atoms with Crippen LogP contribution < -0.4 is 4.74 Å². The molecule has 4 nitrogen and oxygen atoms in total. The molecule has 0 aliphatic carbocycles. The number of hydrogen-bond acceptors (Lipinski definition) is 4. The average molecular weight is 334 g/mol. The number of thioether (sulfide) groups is 1. The van der Waals surface area contributed by atoms with Gasteiger partial charge in [0.25, 0.3) is 0 Å². The summed E-state index contributed by atoms with van der Waals surface area (Å²) >= 11 is 1.87. The average Bonchev–Trinajstić information content (AvgIpc) is 3.10. The van der Waals surface area contributed by atoms with Crippen LogP contribution in [-0.4, -0.2) is 54.7 Å². The summed E-state index contributed by atoms with van der Waals surface area (Å²) in [5.41, 5.74) is 1.20. The second-order valence-corrected chi connectivity index (χ2v) is 7.42. The molecule has 23 heavy (non-hydrogen) atoms. The van der Waals surface area contributed by atoms with Gasteiger partial charge in [-0.1, -0.05) is 12.1 Å². The Morgan fingerprint density at radius 2 is 1.91 bits per heavy atom. The minimum atomic E-state index is 0.153. The number of nitrogens with zero attached hydrogens (tertiary/aromatic N) is 2. The van der Waals surface area contributed by atoms with Crippen LogP contribution >= 0.6 is 11.8 Å². The third-order valence-electron chi connectivity index (χ3n) is 4.67. The van der Waals surface area contributed by atoms with Crippen molar-refractivity contribution in [2.45, 2.75) is 31.1 Å². The van der Waals surface area contributed by atoms with Crippen molar-refractivity contribution < 1.29 is 9.53 Å². The zero-order valence-corrected chi connectivity index (χ0v) is 14.7. The summed E-state index contributed by atoms with van der Waals surface area (Å²) in [6, 6.07) is 8.14. The van der Waals surface area contributed by atoms with Gasteiger partial charge in [0.15, 0.2) is 0 Å². The quantitative estimate of drug-likeness (QED) is 0.800. The van der Waals surface area contributed by atoms with E-state index in [1.54, 1.807) is 7.11 Å². The normalized spacial score (nSPS) is 22.6. The predicted molar refractivity (Wildman–Crippen MR) is 94.8 cm³/mol. The SMILES string of the molecule is COc1ccc(C2SCCC(=O)N2CCCN2CCCC2)cc1. The Morgan fingerprint density at radius 3 is 2.61 bits per heavy atom. The summed E-state index contributed by atoms with van der Waals surface area (Å²) in [7, 11) is 1.68. The molecule has 1 aromatic rings. The molecule has 5 heteroatoms. The number of rotatable bonds is 6. The van der Waals surface area contributed by atoms with Crippen molar-refractivity contribution in [3.63, 3.8) is 0 Å². The molecule has 1 amide bonds. The Bertz CT molecular complexity index is 514. The Kier molecular flexibility index (Phi) is 5.84. The molecule has 0 N–H and O–H groups in total. The van der Waals surface area contributed by atoms with Crippen LogP contribution in [0.3, 0.4) is 0 Å². The zero-order valence-electron chi connectivity index (χ0n) is 13.9. The molecule has 2 fully saturated rings. The summed E-state index contributed by atoms with van der Waals surface area (Å²) < 4.78 is 5.23. The van der Waals surface area contributed by atoms with E-state index in [2.05, 4.69) is 21.9 Å². The van der Waals surface area contributed by atoms with Crippen LogP contribution in [0.2, 0.25) is 0 Å². The molecule has 126 valence electrons. The van der Waals surface area contributed by atoms with Gasteiger partial charge in [-0.3, -0.25) is 4.79 Å². The molecule has 2 aliphatic rings. The molecule has 0 spiro atoms. The van der Waals surface area contributed by atoms with Crippen LogP contribution in [0.1, 0.15) is 36.6 Å². The van der Waals surface area contributed by atoms with Gasteiger partial charge in [0.2, 0.25) is 5.91 Å². The van der Waals surface area contributed by atoms with Crippen molar-refractivity contribution in [3.8, 4) is 5.75 Å². The van der Waals surface area contributed by atoms with Crippen molar-refractivity contribution in [2.24, 2.45) is 0 Å². The molecule has 2 saturated heterocycles. The molecule has 0 bridgehead atoms. The second-order valence-electron chi connectivity index (χ2n) is 6.24. The summed E-state index contributed by atoms with van der Waals surface area (Å²) in [5.74, 6) is 2.07. The van der Waals surface area contributed by atoms with E-state index in [0.717, 1.165) is 31.0 Å². The van der Waals surface area contributed by atoms with E-state index in [-0.39, 0.29) is 5.37 Å². The highest BCUT2D eigenvalue weighted by molar-refractivity contribution is 7.99. The summed E-state index contributed by atoms with van der Waals surface area (Å²) in [6.45, 7) is 4.43. The van der Waals surface area contributed by atoms with Gasteiger partial charge in [0.05, 0.1) is 7.11 Å². The first-order valence-electron chi connectivity index (χ1n) is 8.55. The fourth-order valence-electron chi connectivity index (χ4n) is 3.38. The number of carbonyl (C=O) groups excluding carboxylic acids is 1. The molecule has 3 rings (SSSR count). The number of methoxy groups -OCH3 is 1. The lowest BCUT2D eigenvalue weighted by molar-refractivity contribution is -0.132. The molecule has 2 aliphatic heterocycles. The van der Waals surface area contributed by atoms with E-state index in [1.165, 1.54) is 31.5 Å². The number of carbonyl (C=O) groups is 1. The van der Waals surface area contributed by atoms with Crippen LogP contribution in [-0.2, 0) is 4.79 Å². The van der Waals surface area contributed by atoms with Crippen molar-refractivity contribution in [1.82, 2.24) is 9.80 Å². The smallest absolute Gasteiger partial charge is 0.224 e. The highest BCUT2D eigenvalue weighted by Crippen LogP contribution is 2.37. The zero-order chi connectivity index (χ0) is 16.1. The van der Waals surface area contributed by atoms with E-state index in [0.29, 0.717) is 12.3 Å². The van der Waals surface area contributed by atoms with Crippen LogP contribution in [0, 0.1) is 0 Å². The summed E-state index contributed by atoms with van der Waals surface area (Å²) in [5, 5.41) is 0.153. The largest absolute Gasteiger partial charge is 0.497 e. The maximum Gasteiger partial charge on any atom is 0.224 e. The van der Waals surface area contributed by atoms with Gasteiger partial charge in [0.1, 0.15) is 11.1 Å². The minimum absolute atomic E-state index is 0.153. The predicted octanol–water partition coefficient (Wildman–Crippen LogP) is 3.15. The van der Waals surface area contributed by atoms with Crippen molar-refractivity contribution in [1.29, 1.82) is 0 Å². The van der Waals surface area contributed by atoms with E-state index in [1.807, 2.05) is 23.9 Å². The number of amides is 1. The number of likely N-dealkylation sites (tertiary alicyclic amines) is 1. The fraction of sp³-hybridized carbons (Fsp3) is 0.611. The topological polar surface area (TPSA) is 32.8 Å². The third-order valence-corrected chi connectivity index (χ3v) is 5.95. The lowest BCUT2D eigenvalue weighted by atomic mass is 10.1. The Labute approximate surface area is 143 Å². The number of ether oxygens (including phenoxy) is 1. The van der Waals surface area contributed by atoms with Gasteiger partial charge in [-0.15, -0.1) is 11.8 Å². The summed E-state index contributed by atoms with van der Waals surface area (Å²) in [6.07, 6.45) is 4.39. The van der Waals surface area contributed by atoms with Gasteiger partial charge in [-0.25, -0.2) is 0 Å². The van der Waals surface area contributed by atoms with Gasteiger partial charge in [-0.2, -0.15) is 0 Å². The van der Waals surface area contributed by atoms with Crippen molar-refractivity contribution >= 4 is 17.7 Å². The van der Waals surface area contributed by atoms with E-state index in [4.69, 9.17) is 4.74 Å². The molecule has 2 heterocycles. The van der Waals surface area contributed by atoms with E-state index < -0.39 is 0 Å². The first-order chi connectivity index (χ1) is 11.3. The Hall–Kier alpha value is -1.20. The van der Waals surface area contributed by atoms with Crippen LogP contribution in [0.15, 0.2) is 24.3 Å². The molecular weight excluding hydrogens is 308 g/mol. The third kappa shape index (κ3) is 4.21. The van der Waals surface area contributed by atoms with Gasteiger partial charge in [0, 0.05) is 18.7 Å². The highest BCUT2D eigenvalue weighted by atomic mass is 32.2. The molecule has 1 aromatic carbocycles. The van der Waals surface area contributed by atoms with E-state index >= 15 is 0 Å². The molecule has 0 aromatic heterocycles. The molecular formula is C18H26N2O2S. The molecule has 0 radical (unpaired) electrons. The van der Waals surface area contributed by atoms with Gasteiger partial charge >= 0.3 is 0 Å². The summed E-state index contributed by atoms with van der Waals surface area (Å²) in [4.78, 5) is 17.0. The molecule has 1 unspecified atom stereocenters. The Morgan fingerprint density at radius 1 is 1.17 bits per heavy atom. The maximum absolute atomic E-state index is 12.4. The molecule has 0 saturated carbocycles. The first-order valence-corrected chi connectivity index (χ1v) is 9.60. The standard InChI is InChI=1S/C18H26N2O2S/c1-22-16-7-5-15(6-8-16)18-20(17(21)9-14-23-18)13-4-12-19-10-2-3-11-19/h5-8,18H,2-4,9-14H2,1H3. The minimum Gasteiger partial charge on any atom is -0.497 e. The van der Waals surface area contributed by atoms with Crippen LogP contribution in [0.25, 0.3) is 0 Å². The van der Waals surface area contributed by atoms with E-state index in [9.17, 15) is 4.79 Å². The Balaban J connectivity index is 1.62. The fourth-order valence-corrected chi connectivity index (χ4v) is 4.65. The second kappa shape index (κ2) is 8.06. The maximum atomic E-state index is 12.4. The van der Waals surface area contributed by atoms with Crippen molar-refractivity contribution in [3.05, 3.63) is 29.8 Å². The lowest BCUT2D eigenvalue weighted by Crippen LogP contribution is -2.39. The van der Waals surface area contributed by atoms with Gasteiger partial charge in [-0.05, 0) is 56.6 Å². The van der Waals surface area contributed by atoms with Crippen LogP contribution in [0.5, 0.6) is 5.75 Å². The number of benzene rings is 1. The first kappa shape index (κ1) is 16.7. The monoisotopic (exact) mass is 334 g/mol. The van der Waals surface area contributed by atoms with Crippen LogP contribution in [0.4, 0.5) is 0 Å². The van der Waals surface area contributed by atoms with Crippen molar-refractivity contribution in [2.75, 3.05) is 39.0 Å². The highest BCUT2D eigenvalue weighted by Gasteiger charge is 2.29.